The fourth-order valence-corrected chi connectivity index (χ4v) is 4.19. The molecule has 138 valence electrons. The molecule has 1 aliphatic rings. The molecule has 7 heteroatoms. The fraction of sp³-hybridized carbons (Fsp3) is 0.263. The maximum Gasteiger partial charge on any atom is 0.258 e. The number of sulfonamides is 1. The van der Waals surface area contributed by atoms with Gasteiger partial charge in [-0.2, -0.15) is 0 Å². The van der Waals surface area contributed by atoms with Gasteiger partial charge in [0.05, 0.1) is 31.9 Å². The molecule has 1 N–H and O–H groups in total. The van der Waals surface area contributed by atoms with E-state index < -0.39 is 10.0 Å². The second kappa shape index (κ2) is 7.29. The second-order valence-corrected chi connectivity index (χ2v) is 7.56. The number of hydrogen-bond donors (Lipinski definition) is 1. The zero-order valence-electron chi connectivity index (χ0n) is 14.9. The summed E-state index contributed by atoms with van der Waals surface area (Å²) in [6.45, 7) is 0. The molecular weight excluding hydrogens is 354 g/mol. The van der Waals surface area contributed by atoms with Crippen LogP contribution < -0.4 is 18.9 Å². The monoisotopic (exact) mass is 375 g/mol. The molecule has 0 amide bonds. The highest BCUT2D eigenvalue weighted by Gasteiger charge is 2.23. The number of ether oxygens (including phenoxy) is 3. The predicted molar refractivity (Wildman–Crippen MR) is 101 cm³/mol. The minimum absolute atomic E-state index is 0.347. The lowest BCUT2D eigenvalue weighted by Gasteiger charge is -2.19. The van der Waals surface area contributed by atoms with Gasteiger partial charge in [-0.3, -0.25) is 4.72 Å². The number of anilines is 1. The summed E-state index contributed by atoms with van der Waals surface area (Å²) in [7, 11) is 0.770. The van der Waals surface area contributed by atoms with Crippen LogP contribution in [-0.4, -0.2) is 29.7 Å². The van der Waals surface area contributed by atoms with Crippen LogP contribution in [0.2, 0.25) is 0 Å². The average molecular weight is 375 g/mol. The molecule has 2 aromatic carbocycles. The lowest BCUT2D eigenvalue weighted by atomic mass is 9.98. The third kappa shape index (κ3) is 3.48. The van der Waals surface area contributed by atoms with E-state index in [4.69, 9.17) is 14.2 Å². The van der Waals surface area contributed by atoms with Gasteiger partial charge in [0.15, 0.2) is 11.5 Å². The molecule has 0 fully saturated rings. The first-order valence-electron chi connectivity index (χ1n) is 8.10. The Labute approximate surface area is 153 Å². The maximum atomic E-state index is 12.8. The smallest absolute Gasteiger partial charge is 0.258 e. The van der Waals surface area contributed by atoms with Crippen molar-refractivity contribution in [3.63, 3.8) is 0 Å². The van der Waals surface area contributed by atoms with Gasteiger partial charge in [-0.05, 0) is 30.0 Å². The fourth-order valence-electron chi connectivity index (χ4n) is 2.98. The molecule has 0 atom stereocenters. The molecule has 0 saturated carbocycles. The minimum Gasteiger partial charge on any atom is -0.493 e. The van der Waals surface area contributed by atoms with E-state index in [1.807, 2.05) is 24.3 Å². The Morgan fingerprint density at radius 2 is 1.58 bits per heavy atom. The second-order valence-electron chi connectivity index (χ2n) is 5.83. The maximum absolute atomic E-state index is 12.8. The third-order valence-corrected chi connectivity index (χ3v) is 5.79. The Bertz CT molecular complexity index is 925. The van der Waals surface area contributed by atoms with Gasteiger partial charge in [0.1, 0.15) is 0 Å². The molecule has 6 nitrogen and oxygen atoms in total. The van der Waals surface area contributed by atoms with Gasteiger partial charge in [0.25, 0.3) is 10.0 Å². The van der Waals surface area contributed by atoms with Gasteiger partial charge in [0.2, 0.25) is 5.75 Å². The Morgan fingerprint density at radius 3 is 2.19 bits per heavy atom. The molecule has 0 radical (unpaired) electrons. The first-order valence-corrected chi connectivity index (χ1v) is 9.58. The molecular formula is C19H21NO5S. The number of fused-ring (bicyclic) bond motifs is 1. The van der Waals surface area contributed by atoms with E-state index in [1.54, 1.807) is 18.2 Å². The largest absolute Gasteiger partial charge is 0.493 e. The molecule has 26 heavy (non-hydrogen) atoms. The number of rotatable bonds is 6. The van der Waals surface area contributed by atoms with Crippen molar-refractivity contribution >= 4 is 21.8 Å². The van der Waals surface area contributed by atoms with Crippen LogP contribution in [0.15, 0.2) is 41.3 Å². The number of benzene rings is 2. The van der Waals surface area contributed by atoms with E-state index in [1.165, 1.54) is 21.3 Å². The summed E-state index contributed by atoms with van der Waals surface area (Å²) in [4.78, 5) is 0.352. The van der Waals surface area contributed by atoms with Crippen LogP contribution in [0.3, 0.4) is 0 Å². The van der Waals surface area contributed by atoms with Crippen LogP contribution in [0.25, 0.3) is 6.08 Å². The lowest BCUT2D eigenvalue weighted by Crippen LogP contribution is -2.17. The lowest BCUT2D eigenvalue weighted by molar-refractivity contribution is 0.325. The van der Waals surface area contributed by atoms with Crippen LogP contribution >= 0.6 is 0 Å². The summed E-state index contributed by atoms with van der Waals surface area (Å²) in [6, 6.07) is 10.9. The summed E-state index contributed by atoms with van der Waals surface area (Å²) in [6.07, 6.45) is 2.87. The molecule has 1 aliphatic carbocycles. The van der Waals surface area contributed by atoms with Crippen LogP contribution in [-0.2, 0) is 16.4 Å². The Kier molecular flexibility index (Phi) is 5.08. The minimum atomic E-state index is -3.69. The number of allylic oxidation sites excluding steroid dienone is 1. The van der Waals surface area contributed by atoms with Crippen molar-refractivity contribution in [3.05, 3.63) is 52.4 Å². The Hall–Kier alpha value is -2.67. The molecule has 0 aromatic heterocycles. The molecule has 0 spiro atoms. The van der Waals surface area contributed by atoms with Gasteiger partial charge in [-0.25, -0.2) is 8.42 Å². The standard InChI is InChI=1S/C19H21NO5S/c1-23-17-11-15(12-18(24-2)19(17)25-3)20-26(21,22)16-9-8-13-6-4-5-7-14(13)10-16/h4-7,10-12,20H,8-9H2,1-3H3. The molecule has 0 heterocycles. The first kappa shape index (κ1) is 18.1. The van der Waals surface area contributed by atoms with E-state index >= 15 is 0 Å². The van der Waals surface area contributed by atoms with Crippen molar-refractivity contribution in [2.45, 2.75) is 12.8 Å². The first-order chi connectivity index (χ1) is 12.5. The summed E-state index contributed by atoms with van der Waals surface area (Å²) >= 11 is 0. The van der Waals surface area contributed by atoms with E-state index in [0.29, 0.717) is 40.7 Å². The van der Waals surface area contributed by atoms with Gasteiger partial charge in [-0.15, -0.1) is 0 Å². The molecule has 0 bridgehead atoms. The highest BCUT2D eigenvalue weighted by atomic mass is 32.2. The Balaban J connectivity index is 1.95. The van der Waals surface area contributed by atoms with Crippen molar-refractivity contribution in [3.8, 4) is 17.2 Å². The summed E-state index contributed by atoms with van der Waals surface area (Å²) in [5, 5.41) is 0. The van der Waals surface area contributed by atoms with E-state index in [-0.39, 0.29) is 0 Å². The topological polar surface area (TPSA) is 73.9 Å². The zero-order valence-corrected chi connectivity index (χ0v) is 15.7. The van der Waals surface area contributed by atoms with E-state index in [0.717, 1.165) is 11.1 Å². The highest BCUT2D eigenvalue weighted by Crippen LogP contribution is 2.40. The average Bonchev–Trinajstić information content (AvgIpc) is 2.66. The van der Waals surface area contributed by atoms with Crippen molar-refractivity contribution in [1.29, 1.82) is 0 Å². The summed E-state index contributed by atoms with van der Waals surface area (Å²) in [5.41, 5.74) is 2.43. The Morgan fingerprint density at radius 1 is 0.923 bits per heavy atom. The van der Waals surface area contributed by atoms with Crippen molar-refractivity contribution in [1.82, 2.24) is 0 Å². The summed E-state index contributed by atoms with van der Waals surface area (Å²) < 4.78 is 44.1. The third-order valence-electron chi connectivity index (χ3n) is 4.27. The quantitative estimate of drug-likeness (QED) is 0.837. The number of aryl methyl sites for hydroxylation is 1. The molecule has 0 aliphatic heterocycles. The molecule has 3 rings (SSSR count). The van der Waals surface area contributed by atoms with Gasteiger partial charge < -0.3 is 14.2 Å². The normalized spacial score (nSPS) is 13.4. The molecule has 2 aromatic rings. The van der Waals surface area contributed by atoms with Crippen LogP contribution in [0.5, 0.6) is 17.2 Å². The van der Waals surface area contributed by atoms with Gasteiger partial charge in [-0.1, -0.05) is 24.3 Å². The number of methoxy groups -OCH3 is 3. The number of nitrogens with one attached hydrogen (secondary N) is 1. The molecule has 0 saturated heterocycles. The highest BCUT2D eigenvalue weighted by molar-refractivity contribution is 7.96. The van der Waals surface area contributed by atoms with Crippen molar-refractivity contribution < 1.29 is 22.6 Å². The van der Waals surface area contributed by atoms with Crippen LogP contribution in [0.4, 0.5) is 5.69 Å². The zero-order chi connectivity index (χ0) is 18.7. The van der Waals surface area contributed by atoms with Gasteiger partial charge in [0, 0.05) is 12.1 Å². The SMILES string of the molecule is COc1cc(NS(=O)(=O)C2=Cc3ccccc3CC2)cc(OC)c1OC. The predicted octanol–water partition coefficient (Wildman–Crippen LogP) is 3.44. The van der Waals surface area contributed by atoms with Crippen LogP contribution in [0.1, 0.15) is 17.5 Å². The van der Waals surface area contributed by atoms with E-state index in [9.17, 15) is 8.42 Å². The summed E-state index contributed by atoms with van der Waals surface area (Å²) in [5.74, 6) is 1.17. The van der Waals surface area contributed by atoms with Crippen molar-refractivity contribution in [2.24, 2.45) is 0 Å². The van der Waals surface area contributed by atoms with E-state index in [2.05, 4.69) is 4.72 Å². The molecule has 0 unspecified atom stereocenters. The number of hydrogen-bond acceptors (Lipinski definition) is 5. The van der Waals surface area contributed by atoms with Crippen molar-refractivity contribution in [2.75, 3.05) is 26.1 Å². The van der Waals surface area contributed by atoms with Crippen LogP contribution in [0, 0.1) is 0 Å². The van der Waals surface area contributed by atoms with Gasteiger partial charge >= 0.3 is 0 Å².